The minimum absolute atomic E-state index is 0.0323. The Labute approximate surface area is 238 Å². The van der Waals surface area contributed by atoms with Crippen LogP contribution < -0.4 is 0 Å². The third-order valence-corrected chi connectivity index (χ3v) is 8.99. The molecule has 0 radical (unpaired) electrons. The molecule has 5 rings (SSSR count). The van der Waals surface area contributed by atoms with Crippen LogP contribution >= 0.6 is 0 Å². The maximum Gasteiger partial charge on any atom is 0.248 e. The average molecular weight is 548 g/mol. The van der Waals surface area contributed by atoms with Crippen molar-refractivity contribution in [2.45, 2.75) is 114 Å². The Kier molecular flexibility index (Phi) is 6.19. The molecule has 2 amide bonds. The molecular weight excluding hydrogens is 500 g/mol. The summed E-state index contributed by atoms with van der Waals surface area (Å²) in [7, 11) is 0. The first-order chi connectivity index (χ1) is 21.1. The lowest BCUT2D eigenvalue weighted by atomic mass is 9.85. The molecule has 0 spiro atoms. The van der Waals surface area contributed by atoms with Crippen LogP contribution in [0, 0.1) is 12.8 Å². The van der Waals surface area contributed by atoms with E-state index in [0.717, 1.165) is 18.4 Å². The van der Waals surface area contributed by atoms with E-state index in [2.05, 4.69) is 15.1 Å². The summed E-state index contributed by atoms with van der Waals surface area (Å²) in [6.07, 6.45) is 3.48. The van der Waals surface area contributed by atoms with Gasteiger partial charge in [0.15, 0.2) is 0 Å². The minimum atomic E-state index is -2.78. The van der Waals surface area contributed by atoms with Gasteiger partial charge in [0.2, 0.25) is 18.2 Å². The lowest BCUT2D eigenvalue weighted by Gasteiger charge is -2.41. The van der Waals surface area contributed by atoms with Gasteiger partial charge in [0.05, 0.1) is 6.04 Å². The van der Waals surface area contributed by atoms with Crippen LogP contribution in [-0.2, 0) is 9.59 Å². The monoisotopic (exact) mass is 547 g/mol. The number of fused-ring (bicyclic) bond motifs is 2. The van der Waals surface area contributed by atoms with E-state index < -0.39 is 43.4 Å². The van der Waals surface area contributed by atoms with Gasteiger partial charge in [-0.15, -0.1) is 10.2 Å². The molecule has 9 heteroatoms. The number of halogens is 2. The number of rotatable bonds is 9. The molecule has 1 aromatic carbocycles. The number of alkyl halides is 2. The van der Waals surface area contributed by atoms with Crippen LogP contribution in [0.1, 0.15) is 115 Å². The number of aromatic nitrogens is 3. The van der Waals surface area contributed by atoms with E-state index in [1.54, 1.807) is 11.5 Å². The van der Waals surface area contributed by atoms with Crippen LogP contribution in [0.3, 0.4) is 0 Å². The van der Waals surface area contributed by atoms with Crippen molar-refractivity contribution in [3.63, 3.8) is 0 Å². The summed E-state index contributed by atoms with van der Waals surface area (Å²) in [5.74, 6) is -5.12. The van der Waals surface area contributed by atoms with Gasteiger partial charge in [0, 0.05) is 57.6 Å². The molecule has 1 aliphatic carbocycles. The Hall–Kier alpha value is -2.68. The molecule has 3 fully saturated rings. The fourth-order valence-electron chi connectivity index (χ4n) is 7.05. The van der Waals surface area contributed by atoms with Gasteiger partial charge in [-0.05, 0) is 57.4 Å². The zero-order valence-electron chi connectivity index (χ0n) is 28.3. The molecule has 39 heavy (non-hydrogen) atoms. The first-order valence-corrected chi connectivity index (χ1v) is 14.0. The van der Waals surface area contributed by atoms with E-state index >= 15 is 0 Å². The van der Waals surface area contributed by atoms with Crippen LogP contribution in [0.4, 0.5) is 8.78 Å². The Morgan fingerprint density at radius 3 is 2.38 bits per heavy atom. The number of imide groups is 1. The molecule has 2 aromatic rings. The number of carbonyl (C=O) groups is 2. The first-order valence-electron chi connectivity index (χ1n) is 17.0. The highest BCUT2D eigenvalue weighted by Crippen LogP contribution is 2.43. The van der Waals surface area contributed by atoms with Crippen LogP contribution in [0.15, 0.2) is 30.3 Å². The first kappa shape index (κ1) is 21.1. The summed E-state index contributed by atoms with van der Waals surface area (Å²) in [4.78, 5) is 29.5. The fourth-order valence-corrected chi connectivity index (χ4v) is 7.05. The summed E-state index contributed by atoms with van der Waals surface area (Å²) in [5.41, 5.74) is 0.798. The summed E-state index contributed by atoms with van der Waals surface area (Å²) in [5, 5.41) is 8.17. The Morgan fingerprint density at radius 1 is 1.10 bits per heavy atom. The molecule has 3 heterocycles. The number of carbonyl (C=O) groups excluding carboxylic acids is 2. The molecule has 1 unspecified atom stereocenters. The predicted octanol–water partition coefficient (Wildman–Crippen LogP) is 5.82. The van der Waals surface area contributed by atoms with E-state index in [9.17, 15) is 18.4 Å². The number of aryl methyl sites for hydroxylation is 1. The van der Waals surface area contributed by atoms with Gasteiger partial charge < -0.3 is 4.57 Å². The lowest BCUT2D eigenvalue weighted by Crippen LogP contribution is -2.46. The molecule has 2 bridgehead atoms. The maximum absolute atomic E-state index is 13.8. The van der Waals surface area contributed by atoms with Gasteiger partial charge in [-0.25, -0.2) is 8.78 Å². The van der Waals surface area contributed by atoms with Crippen molar-refractivity contribution >= 4 is 12.3 Å². The number of benzene rings is 1. The van der Waals surface area contributed by atoms with Crippen molar-refractivity contribution in [2.75, 3.05) is 6.54 Å². The largest absolute Gasteiger partial charge is 0.312 e. The third kappa shape index (κ3) is 5.79. The second-order valence-electron chi connectivity index (χ2n) is 11.4. The molecule has 1 saturated carbocycles. The van der Waals surface area contributed by atoms with Crippen LogP contribution in [-0.4, -0.2) is 61.4 Å². The molecule has 7 nitrogen and oxygen atoms in total. The van der Waals surface area contributed by atoms with Gasteiger partial charge >= 0.3 is 0 Å². The number of hydrogen-bond acceptors (Lipinski definition) is 5. The summed E-state index contributed by atoms with van der Waals surface area (Å²) in [6, 6.07) is 8.81. The number of nitrogens with zero attached hydrogens (tertiary/aromatic N) is 5. The Bertz CT molecular complexity index is 1320. The highest BCUT2D eigenvalue weighted by Gasteiger charge is 2.43. The normalized spacial score (nSPS) is 29.0. The predicted molar refractivity (Wildman–Crippen MR) is 144 cm³/mol. The molecule has 3 aliphatic rings. The highest BCUT2D eigenvalue weighted by molar-refractivity contribution is 5.88. The van der Waals surface area contributed by atoms with Crippen molar-refractivity contribution in [3.05, 3.63) is 47.5 Å². The number of amides is 2. The number of piperidine rings is 1. The van der Waals surface area contributed by atoms with Gasteiger partial charge in [0.1, 0.15) is 11.6 Å². The summed E-state index contributed by atoms with van der Waals surface area (Å²) < 4.78 is 77.0. The average Bonchev–Trinajstić information content (AvgIpc) is 3.43. The van der Waals surface area contributed by atoms with Crippen molar-refractivity contribution in [1.82, 2.24) is 24.6 Å². The lowest BCUT2D eigenvalue weighted by molar-refractivity contribution is -0.147. The van der Waals surface area contributed by atoms with Gasteiger partial charge in [-0.2, -0.15) is 0 Å². The van der Waals surface area contributed by atoms with Gasteiger partial charge in [-0.1, -0.05) is 44.0 Å². The highest BCUT2D eigenvalue weighted by atomic mass is 19.3. The van der Waals surface area contributed by atoms with Crippen LogP contribution in [0.2, 0.25) is 0 Å². The smallest absolute Gasteiger partial charge is 0.248 e. The van der Waals surface area contributed by atoms with Crippen molar-refractivity contribution in [1.29, 1.82) is 0 Å². The minimum Gasteiger partial charge on any atom is -0.312 e. The summed E-state index contributed by atoms with van der Waals surface area (Å²) in [6.45, 7) is -3.27. The third-order valence-electron chi connectivity index (χ3n) is 8.99. The molecule has 2 aliphatic heterocycles. The van der Waals surface area contributed by atoms with E-state index in [1.165, 1.54) is 4.90 Å². The van der Waals surface area contributed by atoms with Crippen molar-refractivity contribution in [3.8, 4) is 0 Å². The standard InChI is InChI=1S/C30H41F2N5O2/c1-20(2)28-34-33-21(3)37(28)26-17-24-9-10-25(18-26)35(24)16-13-27(22-7-5-4-6-8-22)36(19-38)29(39)23-11-14-30(31,32)15-12-23/h4-8,19-20,23-27H,9-18H2,1-3H3/t24-,25+,26?,27-/m0/s1/i1D3,2D3. The van der Waals surface area contributed by atoms with Crippen LogP contribution in [0.25, 0.3) is 0 Å². The Balaban J connectivity index is 1.33. The van der Waals surface area contributed by atoms with Crippen LogP contribution in [0.5, 0.6) is 0 Å². The fraction of sp³-hybridized carbons (Fsp3) is 0.667. The maximum atomic E-state index is 13.8. The topological polar surface area (TPSA) is 71.3 Å². The summed E-state index contributed by atoms with van der Waals surface area (Å²) >= 11 is 0. The molecule has 4 atom stereocenters. The SMILES string of the molecule is [2H]C([2H])([2H])C(c1nnc(C)n1C1C[C@H]2CC[C@@H](C1)N2CC[C@@H](c1ccccc1)N(C=O)C(=O)C1CCC(F)(F)CC1)C([2H])([2H])[2H]. The Morgan fingerprint density at radius 2 is 1.77 bits per heavy atom. The second kappa shape index (κ2) is 11.4. The molecule has 0 N–H and O–H groups in total. The molecule has 1 aromatic heterocycles. The van der Waals surface area contributed by atoms with E-state index in [4.69, 9.17) is 8.22 Å². The van der Waals surface area contributed by atoms with Gasteiger partial charge in [-0.3, -0.25) is 19.4 Å². The van der Waals surface area contributed by atoms with E-state index in [1.807, 2.05) is 30.3 Å². The van der Waals surface area contributed by atoms with Crippen molar-refractivity contribution < 1.29 is 26.6 Å². The molecule has 212 valence electrons. The van der Waals surface area contributed by atoms with E-state index in [-0.39, 0.29) is 49.6 Å². The van der Waals surface area contributed by atoms with E-state index in [0.29, 0.717) is 38.0 Å². The molecular formula is C30H41F2N5O2. The van der Waals surface area contributed by atoms with Gasteiger partial charge in [0.25, 0.3) is 0 Å². The zero-order chi connectivity index (χ0) is 32.7. The zero-order valence-corrected chi connectivity index (χ0v) is 22.3. The quantitative estimate of drug-likeness (QED) is 0.370. The second-order valence-corrected chi connectivity index (χ2v) is 11.4. The molecule has 2 saturated heterocycles. The van der Waals surface area contributed by atoms with Crippen molar-refractivity contribution in [2.24, 2.45) is 5.92 Å². The number of hydrogen-bond donors (Lipinski definition) is 0.